The van der Waals surface area contributed by atoms with Gasteiger partial charge in [-0.2, -0.15) is 0 Å². The van der Waals surface area contributed by atoms with E-state index in [1.165, 1.54) is 6.92 Å². The number of Topliss-reactive ketones (excluding diaryl/α,β-unsaturated/α-hetero) is 1. The fourth-order valence-electron chi connectivity index (χ4n) is 2.57. The zero-order chi connectivity index (χ0) is 21.1. The van der Waals surface area contributed by atoms with E-state index in [0.717, 1.165) is 12.1 Å². The van der Waals surface area contributed by atoms with E-state index >= 15 is 0 Å². The number of nitrogens with one attached hydrogen (secondary N) is 1. The molecule has 1 N–H and O–H groups in total. The molecular weight excluding hydrogens is 380 g/mol. The molecule has 28 heavy (non-hydrogen) atoms. The van der Waals surface area contributed by atoms with Crippen LogP contribution in [0.4, 0.5) is 17.6 Å². The maximum absolute atomic E-state index is 13.8. The molecule has 0 fully saturated rings. The molecule has 150 valence electrons. The van der Waals surface area contributed by atoms with Crippen LogP contribution >= 0.6 is 0 Å². The number of benzene rings is 1. The lowest BCUT2D eigenvalue weighted by Crippen LogP contribution is -2.27. The molecule has 0 saturated heterocycles. The third-order valence-electron chi connectivity index (χ3n) is 3.73. The highest BCUT2D eigenvalue weighted by Crippen LogP contribution is 2.26. The number of nitrogens with zero attached hydrogens (tertiary/aromatic N) is 1. The molecular formula is C19H18F4N2O3. The molecule has 1 heterocycles. The molecule has 0 spiro atoms. The van der Waals surface area contributed by atoms with Crippen molar-refractivity contribution in [2.24, 2.45) is 0 Å². The van der Waals surface area contributed by atoms with E-state index in [1.807, 2.05) is 0 Å². The number of alkyl halides is 3. The highest BCUT2D eigenvalue weighted by molar-refractivity contribution is 5.94. The highest BCUT2D eigenvalue weighted by atomic mass is 19.4. The molecule has 0 aliphatic rings. The zero-order valence-corrected chi connectivity index (χ0v) is 15.4. The smallest absolute Gasteiger partial charge is 0.403 e. The second-order valence-electron chi connectivity index (χ2n) is 6.30. The SMILES string of the molecule is CC(=O)Cc1cc(C(C)NC(=O)c2ccc(OC(F)(F)F)c(F)c2)cc(C)n1. The van der Waals surface area contributed by atoms with Gasteiger partial charge in [-0.25, -0.2) is 4.39 Å². The van der Waals surface area contributed by atoms with Crippen LogP contribution in [0.3, 0.4) is 0 Å². The van der Waals surface area contributed by atoms with Crippen LogP contribution < -0.4 is 10.1 Å². The predicted octanol–water partition coefficient (Wildman–Crippen LogP) is 4.05. The number of hydrogen-bond donors (Lipinski definition) is 1. The topological polar surface area (TPSA) is 68.3 Å². The molecule has 0 aliphatic carbocycles. The third kappa shape index (κ3) is 6.04. The van der Waals surface area contributed by atoms with E-state index < -0.39 is 29.9 Å². The van der Waals surface area contributed by atoms with Gasteiger partial charge in [0.05, 0.1) is 6.04 Å². The van der Waals surface area contributed by atoms with Gasteiger partial charge in [0, 0.05) is 23.4 Å². The summed E-state index contributed by atoms with van der Waals surface area (Å²) < 4.78 is 53.9. The lowest BCUT2D eigenvalue weighted by atomic mass is 10.0. The van der Waals surface area contributed by atoms with E-state index in [0.29, 0.717) is 23.0 Å². The second-order valence-corrected chi connectivity index (χ2v) is 6.30. The van der Waals surface area contributed by atoms with Gasteiger partial charge in [-0.05, 0) is 56.7 Å². The maximum atomic E-state index is 13.8. The number of pyridine rings is 1. The second kappa shape index (κ2) is 8.37. The summed E-state index contributed by atoms with van der Waals surface area (Å²) in [6.45, 7) is 4.87. The van der Waals surface area contributed by atoms with Crippen LogP contribution in [0.15, 0.2) is 30.3 Å². The highest BCUT2D eigenvalue weighted by Gasteiger charge is 2.32. The normalized spacial score (nSPS) is 12.4. The van der Waals surface area contributed by atoms with Gasteiger partial charge in [0.15, 0.2) is 11.6 Å². The Balaban J connectivity index is 2.15. The first-order valence-corrected chi connectivity index (χ1v) is 8.27. The summed E-state index contributed by atoms with van der Waals surface area (Å²) in [6.07, 6.45) is -4.88. The Morgan fingerprint density at radius 3 is 2.46 bits per heavy atom. The summed E-state index contributed by atoms with van der Waals surface area (Å²) in [7, 11) is 0. The maximum Gasteiger partial charge on any atom is 0.573 e. The Morgan fingerprint density at radius 2 is 1.89 bits per heavy atom. The van der Waals surface area contributed by atoms with Gasteiger partial charge in [-0.15, -0.1) is 13.2 Å². The van der Waals surface area contributed by atoms with E-state index in [4.69, 9.17) is 0 Å². The van der Waals surface area contributed by atoms with Crippen molar-refractivity contribution in [3.63, 3.8) is 0 Å². The number of carbonyl (C=O) groups is 2. The summed E-state index contributed by atoms with van der Waals surface area (Å²) in [5, 5.41) is 2.63. The molecule has 0 bridgehead atoms. The van der Waals surface area contributed by atoms with Crippen molar-refractivity contribution >= 4 is 11.7 Å². The van der Waals surface area contributed by atoms with Crippen molar-refractivity contribution in [1.82, 2.24) is 10.3 Å². The number of amides is 1. The van der Waals surface area contributed by atoms with Crippen LogP contribution in [0.1, 0.15) is 47.2 Å². The van der Waals surface area contributed by atoms with Crippen molar-refractivity contribution in [3.05, 3.63) is 58.7 Å². The molecule has 2 rings (SSSR count). The van der Waals surface area contributed by atoms with E-state index in [2.05, 4.69) is 15.0 Å². The molecule has 9 heteroatoms. The lowest BCUT2D eigenvalue weighted by Gasteiger charge is -2.16. The third-order valence-corrected chi connectivity index (χ3v) is 3.73. The van der Waals surface area contributed by atoms with Crippen molar-refractivity contribution in [3.8, 4) is 5.75 Å². The average Bonchev–Trinajstić information content (AvgIpc) is 2.54. The standard InChI is InChI=1S/C19H18F4N2O3/c1-10-6-14(8-15(24-10)7-11(2)26)12(3)25-18(27)13-4-5-17(16(20)9-13)28-19(21,22)23/h4-6,8-9,12H,7H2,1-3H3,(H,25,27). The minimum atomic E-state index is -5.03. The number of hydrogen-bond acceptors (Lipinski definition) is 4. The van der Waals surface area contributed by atoms with Gasteiger partial charge in [-0.3, -0.25) is 14.6 Å². The lowest BCUT2D eigenvalue weighted by molar-refractivity contribution is -0.275. The first-order chi connectivity index (χ1) is 12.9. The van der Waals surface area contributed by atoms with Crippen molar-refractivity contribution in [2.45, 2.75) is 39.6 Å². The number of aromatic nitrogens is 1. The van der Waals surface area contributed by atoms with Gasteiger partial charge in [0.25, 0.3) is 5.91 Å². The molecule has 0 saturated carbocycles. The average molecular weight is 398 g/mol. The van der Waals surface area contributed by atoms with Crippen molar-refractivity contribution in [1.29, 1.82) is 0 Å². The molecule has 1 unspecified atom stereocenters. The number of carbonyl (C=O) groups excluding carboxylic acids is 2. The summed E-state index contributed by atoms with van der Waals surface area (Å²) in [5.74, 6) is -3.05. The van der Waals surface area contributed by atoms with E-state index in [9.17, 15) is 27.2 Å². The molecule has 5 nitrogen and oxygen atoms in total. The Kier molecular flexibility index (Phi) is 6.37. The molecule has 0 aliphatic heterocycles. The molecule has 0 radical (unpaired) electrons. The van der Waals surface area contributed by atoms with Crippen LogP contribution in [0.25, 0.3) is 0 Å². The fourth-order valence-corrected chi connectivity index (χ4v) is 2.57. The Labute approximate surface area is 158 Å². The summed E-state index contributed by atoms with van der Waals surface area (Å²) in [5.41, 5.74) is 1.75. The quantitative estimate of drug-likeness (QED) is 0.746. The largest absolute Gasteiger partial charge is 0.573 e. The van der Waals surface area contributed by atoms with Crippen LogP contribution in [0, 0.1) is 12.7 Å². The number of ketones is 1. The van der Waals surface area contributed by atoms with Crippen LogP contribution in [0.5, 0.6) is 5.75 Å². The minimum absolute atomic E-state index is 0.0580. The summed E-state index contributed by atoms with van der Waals surface area (Å²) >= 11 is 0. The minimum Gasteiger partial charge on any atom is -0.403 e. The number of rotatable bonds is 6. The predicted molar refractivity (Wildman–Crippen MR) is 92.3 cm³/mol. The molecule has 1 amide bonds. The molecule has 1 aromatic carbocycles. The Bertz CT molecular complexity index is 897. The van der Waals surface area contributed by atoms with Gasteiger partial charge in [-0.1, -0.05) is 0 Å². The number of aryl methyl sites for hydroxylation is 1. The van der Waals surface area contributed by atoms with Crippen LogP contribution in [0.2, 0.25) is 0 Å². The first kappa shape index (κ1) is 21.3. The number of ether oxygens (including phenoxy) is 1. The van der Waals surface area contributed by atoms with Gasteiger partial charge in [0.2, 0.25) is 0 Å². The first-order valence-electron chi connectivity index (χ1n) is 8.27. The summed E-state index contributed by atoms with van der Waals surface area (Å²) in [6, 6.07) is 5.35. The van der Waals surface area contributed by atoms with Crippen LogP contribution in [-0.4, -0.2) is 23.0 Å². The summed E-state index contributed by atoms with van der Waals surface area (Å²) in [4.78, 5) is 27.9. The van der Waals surface area contributed by atoms with Gasteiger partial charge < -0.3 is 10.1 Å². The molecule has 1 atom stereocenters. The Hall–Kier alpha value is -2.97. The van der Waals surface area contributed by atoms with Gasteiger partial charge >= 0.3 is 6.36 Å². The molecule has 2 aromatic rings. The number of halogens is 4. The Morgan fingerprint density at radius 1 is 1.21 bits per heavy atom. The van der Waals surface area contributed by atoms with Crippen LogP contribution in [-0.2, 0) is 11.2 Å². The fraction of sp³-hybridized carbons (Fsp3) is 0.316. The van der Waals surface area contributed by atoms with Crippen molar-refractivity contribution < 1.29 is 31.9 Å². The van der Waals surface area contributed by atoms with Crippen molar-refractivity contribution in [2.75, 3.05) is 0 Å². The monoisotopic (exact) mass is 398 g/mol. The zero-order valence-electron chi connectivity index (χ0n) is 15.4. The van der Waals surface area contributed by atoms with Gasteiger partial charge in [0.1, 0.15) is 5.78 Å². The van der Waals surface area contributed by atoms with E-state index in [-0.39, 0.29) is 17.8 Å². The van der Waals surface area contributed by atoms with E-state index in [1.54, 1.807) is 26.0 Å². The molecule has 1 aromatic heterocycles.